The Morgan fingerprint density at radius 2 is 1.78 bits per heavy atom. The second-order valence-electron chi connectivity index (χ2n) is 6.80. The summed E-state index contributed by atoms with van der Waals surface area (Å²) in [5.74, 6) is 0.558. The first-order valence-electron chi connectivity index (χ1n) is 8.98. The summed E-state index contributed by atoms with van der Waals surface area (Å²) < 4.78 is 10.1. The van der Waals surface area contributed by atoms with Crippen molar-refractivity contribution in [3.8, 4) is 5.75 Å². The number of methoxy groups -OCH3 is 1. The fourth-order valence-corrected chi connectivity index (χ4v) is 3.22. The molecule has 6 nitrogen and oxygen atoms in total. The van der Waals surface area contributed by atoms with Crippen LogP contribution < -0.4 is 15.0 Å². The van der Waals surface area contributed by atoms with E-state index in [1.54, 1.807) is 36.3 Å². The van der Waals surface area contributed by atoms with Gasteiger partial charge in [0.05, 0.1) is 19.6 Å². The van der Waals surface area contributed by atoms with E-state index in [0.29, 0.717) is 18.8 Å². The number of hydrogen-bond donors (Lipinski definition) is 1. The summed E-state index contributed by atoms with van der Waals surface area (Å²) in [6, 6.07) is 14.8. The standard InChI is InChI=1S/C21H24N2O4/c1-14(2)19(15-4-10-18(26-3)11-5-15)20(24)22-16-6-8-17(9-7-16)23-12-13-27-21(23)25/h4-11,14,19H,12-13H2,1-3H3,(H,22,24). The zero-order valence-corrected chi connectivity index (χ0v) is 15.8. The quantitative estimate of drug-likeness (QED) is 0.836. The van der Waals surface area contributed by atoms with Gasteiger partial charge in [-0.15, -0.1) is 0 Å². The Morgan fingerprint density at radius 1 is 1.11 bits per heavy atom. The first-order chi connectivity index (χ1) is 13.0. The average Bonchev–Trinajstić information content (AvgIpc) is 3.09. The molecule has 3 rings (SSSR count). The molecule has 1 fully saturated rings. The fourth-order valence-electron chi connectivity index (χ4n) is 3.22. The van der Waals surface area contributed by atoms with Gasteiger partial charge in [0.1, 0.15) is 12.4 Å². The van der Waals surface area contributed by atoms with Crippen molar-refractivity contribution < 1.29 is 19.1 Å². The molecule has 1 unspecified atom stereocenters. The third-order valence-electron chi connectivity index (χ3n) is 4.63. The Labute approximate surface area is 159 Å². The molecule has 1 N–H and O–H groups in total. The Hall–Kier alpha value is -3.02. The number of nitrogens with one attached hydrogen (secondary N) is 1. The maximum absolute atomic E-state index is 12.9. The largest absolute Gasteiger partial charge is 0.497 e. The van der Waals surface area contributed by atoms with E-state index in [-0.39, 0.29) is 23.8 Å². The molecular formula is C21H24N2O4. The molecule has 6 heteroatoms. The van der Waals surface area contributed by atoms with E-state index in [4.69, 9.17) is 9.47 Å². The van der Waals surface area contributed by atoms with E-state index in [9.17, 15) is 9.59 Å². The SMILES string of the molecule is COc1ccc(C(C(=O)Nc2ccc(N3CCOC3=O)cc2)C(C)C)cc1. The predicted molar refractivity (Wildman–Crippen MR) is 104 cm³/mol. The van der Waals surface area contributed by atoms with Crippen molar-refractivity contribution in [3.63, 3.8) is 0 Å². The van der Waals surface area contributed by atoms with Crippen molar-refractivity contribution in [1.82, 2.24) is 0 Å². The molecule has 2 aromatic rings. The molecule has 1 aliphatic heterocycles. The van der Waals surface area contributed by atoms with Crippen LogP contribution in [-0.4, -0.2) is 32.3 Å². The van der Waals surface area contributed by atoms with Crippen LogP contribution in [0.5, 0.6) is 5.75 Å². The average molecular weight is 368 g/mol. The summed E-state index contributed by atoms with van der Waals surface area (Å²) in [6.07, 6.45) is -0.342. The van der Waals surface area contributed by atoms with Gasteiger partial charge >= 0.3 is 6.09 Å². The van der Waals surface area contributed by atoms with Crippen LogP contribution in [0.1, 0.15) is 25.3 Å². The topological polar surface area (TPSA) is 67.9 Å². The zero-order chi connectivity index (χ0) is 19.4. The molecule has 0 radical (unpaired) electrons. The molecule has 0 aromatic heterocycles. The van der Waals surface area contributed by atoms with Gasteiger partial charge in [0, 0.05) is 11.4 Å². The Kier molecular flexibility index (Phi) is 5.64. The molecule has 1 saturated heterocycles. The van der Waals surface area contributed by atoms with Gasteiger partial charge in [0.2, 0.25) is 5.91 Å². The Balaban J connectivity index is 1.72. The normalized spacial score (nSPS) is 14.8. The van der Waals surface area contributed by atoms with Gasteiger partial charge in [-0.25, -0.2) is 4.79 Å². The zero-order valence-electron chi connectivity index (χ0n) is 15.8. The minimum atomic E-state index is -0.342. The Bertz CT molecular complexity index is 800. The van der Waals surface area contributed by atoms with Crippen LogP contribution in [0.4, 0.5) is 16.2 Å². The summed E-state index contributed by atoms with van der Waals surface area (Å²) in [4.78, 5) is 26.1. The van der Waals surface area contributed by atoms with Gasteiger partial charge in [-0.1, -0.05) is 26.0 Å². The molecule has 2 aromatic carbocycles. The van der Waals surface area contributed by atoms with Gasteiger partial charge in [0.25, 0.3) is 0 Å². The molecular weight excluding hydrogens is 344 g/mol. The van der Waals surface area contributed by atoms with Gasteiger partial charge < -0.3 is 14.8 Å². The van der Waals surface area contributed by atoms with Gasteiger partial charge in [-0.05, 0) is 47.9 Å². The van der Waals surface area contributed by atoms with E-state index >= 15 is 0 Å². The number of benzene rings is 2. The van der Waals surface area contributed by atoms with Crippen molar-refractivity contribution >= 4 is 23.4 Å². The lowest BCUT2D eigenvalue weighted by molar-refractivity contribution is -0.118. The third kappa shape index (κ3) is 4.22. The summed E-state index contributed by atoms with van der Waals surface area (Å²) >= 11 is 0. The van der Waals surface area contributed by atoms with E-state index < -0.39 is 0 Å². The lowest BCUT2D eigenvalue weighted by atomic mass is 9.87. The highest BCUT2D eigenvalue weighted by molar-refractivity contribution is 5.96. The van der Waals surface area contributed by atoms with Crippen molar-refractivity contribution in [2.24, 2.45) is 5.92 Å². The lowest BCUT2D eigenvalue weighted by Crippen LogP contribution is -2.25. The molecule has 0 bridgehead atoms. The van der Waals surface area contributed by atoms with Crippen LogP contribution in [0.25, 0.3) is 0 Å². The van der Waals surface area contributed by atoms with Crippen LogP contribution >= 0.6 is 0 Å². The number of ether oxygens (including phenoxy) is 2. The highest BCUT2D eigenvalue weighted by atomic mass is 16.6. The van der Waals surface area contributed by atoms with Crippen LogP contribution in [0, 0.1) is 5.92 Å². The maximum atomic E-state index is 12.9. The highest BCUT2D eigenvalue weighted by Gasteiger charge is 2.25. The minimum Gasteiger partial charge on any atom is -0.497 e. The second kappa shape index (κ2) is 8.12. The number of cyclic esters (lactones) is 1. The van der Waals surface area contributed by atoms with Gasteiger partial charge in [-0.2, -0.15) is 0 Å². The van der Waals surface area contributed by atoms with Crippen molar-refractivity contribution in [2.75, 3.05) is 30.5 Å². The van der Waals surface area contributed by atoms with Crippen LogP contribution in [-0.2, 0) is 9.53 Å². The molecule has 1 atom stereocenters. The predicted octanol–water partition coefficient (Wildman–Crippen LogP) is 4.03. The molecule has 1 aliphatic rings. The summed E-state index contributed by atoms with van der Waals surface area (Å²) in [7, 11) is 1.62. The van der Waals surface area contributed by atoms with Crippen molar-refractivity contribution in [1.29, 1.82) is 0 Å². The molecule has 27 heavy (non-hydrogen) atoms. The first kappa shape index (κ1) is 18.8. The van der Waals surface area contributed by atoms with Crippen molar-refractivity contribution in [2.45, 2.75) is 19.8 Å². The number of rotatable bonds is 6. The van der Waals surface area contributed by atoms with E-state index in [0.717, 1.165) is 17.0 Å². The summed E-state index contributed by atoms with van der Waals surface area (Å²) in [5.41, 5.74) is 2.39. The summed E-state index contributed by atoms with van der Waals surface area (Å²) in [5, 5.41) is 2.97. The third-order valence-corrected chi connectivity index (χ3v) is 4.63. The number of carbonyl (C=O) groups is 2. The molecule has 1 heterocycles. The minimum absolute atomic E-state index is 0.0662. The van der Waals surface area contributed by atoms with Gasteiger partial charge in [0.15, 0.2) is 0 Å². The first-order valence-corrected chi connectivity index (χ1v) is 8.98. The molecule has 142 valence electrons. The monoisotopic (exact) mass is 368 g/mol. The van der Waals surface area contributed by atoms with Crippen molar-refractivity contribution in [3.05, 3.63) is 54.1 Å². The van der Waals surface area contributed by atoms with Crippen LogP contribution in [0.15, 0.2) is 48.5 Å². The second-order valence-corrected chi connectivity index (χ2v) is 6.80. The number of carbonyl (C=O) groups excluding carboxylic acids is 2. The fraction of sp³-hybridized carbons (Fsp3) is 0.333. The smallest absolute Gasteiger partial charge is 0.414 e. The highest BCUT2D eigenvalue weighted by Crippen LogP contribution is 2.28. The Morgan fingerprint density at radius 3 is 2.30 bits per heavy atom. The lowest BCUT2D eigenvalue weighted by Gasteiger charge is -2.21. The summed E-state index contributed by atoms with van der Waals surface area (Å²) in [6.45, 7) is 4.99. The van der Waals surface area contributed by atoms with Gasteiger partial charge in [-0.3, -0.25) is 9.69 Å². The molecule has 0 saturated carbocycles. The van der Waals surface area contributed by atoms with Crippen LogP contribution in [0.3, 0.4) is 0 Å². The van der Waals surface area contributed by atoms with Crippen LogP contribution in [0.2, 0.25) is 0 Å². The van der Waals surface area contributed by atoms with E-state index in [1.807, 2.05) is 38.1 Å². The number of nitrogens with zero attached hydrogens (tertiary/aromatic N) is 1. The van der Waals surface area contributed by atoms with E-state index in [2.05, 4.69) is 5.32 Å². The maximum Gasteiger partial charge on any atom is 0.414 e. The number of hydrogen-bond acceptors (Lipinski definition) is 4. The number of anilines is 2. The van der Waals surface area contributed by atoms with E-state index in [1.165, 1.54) is 0 Å². The molecule has 0 spiro atoms. The molecule has 2 amide bonds. The number of amides is 2. The molecule has 0 aliphatic carbocycles.